The van der Waals surface area contributed by atoms with Gasteiger partial charge in [-0.3, -0.25) is 4.98 Å². The van der Waals surface area contributed by atoms with Crippen LogP contribution in [0.5, 0.6) is 0 Å². The van der Waals surface area contributed by atoms with Crippen molar-refractivity contribution in [1.29, 1.82) is 0 Å². The van der Waals surface area contributed by atoms with Crippen molar-refractivity contribution in [3.05, 3.63) is 28.5 Å². The van der Waals surface area contributed by atoms with Crippen molar-refractivity contribution < 1.29 is 5.11 Å². The van der Waals surface area contributed by atoms with Crippen LogP contribution in [-0.2, 0) is 6.54 Å². The van der Waals surface area contributed by atoms with Crippen molar-refractivity contribution >= 4 is 15.9 Å². The van der Waals surface area contributed by atoms with E-state index in [4.69, 9.17) is 0 Å². The number of nitrogens with zero attached hydrogens (tertiary/aromatic N) is 1. The Labute approximate surface area is 98.0 Å². The number of rotatable bonds is 4. The summed E-state index contributed by atoms with van der Waals surface area (Å²) in [5.41, 5.74) is 0.979. The maximum Gasteiger partial charge on any atom is 0.0613 e. The third-order valence-electron chi connectivity index (χ3n) is 3.05. The van der Waals surface area contributed by atoms with Gasteiger partial charge in [-0.05, 0) is 47.3 Å². The zero-order valence-electron chi connectivity index (χ0n) is 8.54. The predicted octanol–water partition coefficient (Wildman–Crippen LogP) is 1.85. The first-order valence-electron chi connectivity index (χ1n) is 5.20. The molecule has 0 aliphatic heterocycles. The van der Waals surface area contributed by atoms with Crippen molar-refractivity contribution in [2.75, 3.05) is 6.61 Å². The average molecular weight is 271 g/mol. The molecule has 0 radical (unpaired) electrons. The quantitative estimate of drug-likeness (QED) is 0.878. The van der Waals surface area contributed by atoms with Gasteiger partial charge >= 0.3 is 0 Å². The molecule has 0 saturated heterocycles. The largest absolute Gasteiger partial charge is 0.394 e. The van der Waals surface area contributed by atoms with Gasteiger partial charge in [0, 0.05) is 22.8 Å². The lowest BCUT2D eigenvalue weighted by Crippen LogP contribution is -2.53. The van der Waals surface area contributed by atoms with Gasteiger partial charge in [0.2, 0.25) is 0 Å². The maximum atomic E-state index is 9.27. The first kappa shape index (κ1) is 11.0. The molecule has 0 spiro atoms. The molecular weight excluding hydrogens is 256 g/mol. The van der Waals surface area contributed by atoms with E-state index >= 15 is 0 Å². The molecule has 2 N–H and O–H groups in total. The Morgan fingerprint density at radius 3 is 2.73 bits per heavy atom. The lowest BCUT2D eigenvalue weighted by Gasteiger charge is -2.41. The minimum absolute atomic E-state index is 0.0330. The number of aromatic nitrogens is 1. The molecule has 0 aromatic carbocycles. The summed E-state index contributed by atoms with van der Waals surface area (Å²) in [5, 5.41) is 12.7. The summed E-state index contributed by atoms with van der Waals surface area (Å²) in [5.74, 6) is 0. The Morgan fingerprint density at radius 1 is 1.47 bits per heavy atom. The number of halogens is 1. The molecule has 2 rings (SSSR count). The number of hydrogen-bond donors (Lipinski definition) is 2. The van der Waals surface area contributed by atoms with Crippen LogP contribution >= 0.6 is 15.9 Å². The maximum absolute atomic E-state index is 9.27. The summed E-state index contributed by atoms with van der Waals surface area (Å²) < 4.78 is 0.992. The van der Waals surface area contributed by atoms with Crippen LogP contribution in [0, 0.1) is 0 Å². The standard InChI is InChI=1S/C11H15BrN2O/c12-9-2-3-10(13-6-9)7-14-11(8-15)4-1-5-11/h2-3,6,14-15H,1,4-5,7-8H2. The van der Waals surface area contributed by atoms with E-state index in [9.17, 15) is 5.11 Å². The van der Waals surface area contributed by atoms with Crippen LogP contribution < -0.4 is 5.32 Å². The fraction of sp³-hybridized carbons (Fsp3) is 0.545. The van der Waals surface area contributed by atoms with E-state index in [0.29, 0.717) is 0 Å². The summed E-state index contributed by atoms with van der Waals surface area (Å²) in [6, 6.07) is 3.97. The van der Waals surface area contributed by atoms with Gasteiger partial charge in [-0.15, -0.1) is 0 Å². The van der Waals surface area contributed by atoms with E-state index in [1.54, 1.807) is 6.20 Å². The summed E-state index contributed by atoms with van der Waals surface area (Å²) in [7, 11) is 0. The lowest BCUT2D eigenvalue weighted by atomic mass is 9.77. The number of pyridine rings is 1. The first-order chi connectivity index (χ1) is 7.24. The second-order valence-electron chi connectivity index (χ2n) is 4.11. The van der Waals surface area contributed by atoms with E-state index in [1.165, 1.54) is 6.42 Å². The number of aliphatic hydroxyl groups excluding tert-OH is 1. The minimum atomic E-state index is -0.0330. The van der Waals surface area contributed by atoms with Crippen LogP contribution in [-0.4, -0.2) is 22.2 Å². The van der Waals surface area contributed by atoms with Crippen LogP contribution in [0.25, 0.3) is 0 Å². The molecule has 4 heteroatoms. The number of aliphatic hydroxyl groups is 1. The topological polar surface area (TPSA) is 45.1 Å². The van der Waals surface area contributed by atoms with E-state index < -0.39 is 0 Å². The van der Waals surface area contributed by atoms with E-state index in [1.807, 2.05) is 12.1 Å². The minimum Gasteiger partial charge on any atom is -0.394 e. The smallest absolute Gasteiger partial charge is 0.0613 e. The molecule has 82 valence electrons. The summed E-state index contributed by atoms with van der Waals surface area (Å²) in [6.07, 6.45) is 5.14. The van der Waals surface area contributed by atoms with Crippen LogP contribution in [0.2, 0.25) is 0 Å². The van der Waals surface area contributed by atoms with Gasteiger partial charge < -0.3 is 10.4 Å². The molecule has 15 heavy (non-hydrogen) atoms. The fourth-order valence-electron chi connectivity index (χ4n) is 1.78. The van der Waals surface area contributed by atoms with E-state index in [2.05, 4.69) is 26.2 Å². The second kappa shape index (κ2) is 4.60. The molecule has 1 aliphatic rings. The molecule has 1 fully saturated rings. The highest BCUT2D eigenvalue weighted by Crippen LogP contribution is 2.31. The van der Waals surface area contributed by atoms with Crippen molar-refractivity contribution in [3.8, 4) is 0 Å². The predicted molar refractivity (Wildman–Crippen MR) is 62.4 cm³/mol. The van der Waals surface area contributed by atoms with Crippen molar-refractivity contribution in [1.82, 2.24) is 10.3 Å². The van der Waals surface area contributed by atoms with Gasteiger partial charge in [-0.1, -0.05) is 0 Å². The van der Waals surface area contributed by atoms with Gasteiger partial charge in [0.05, 0.1) is 12.3 Å². The molecule has 0 amide bonds. The third kappa shape index (κ3) is 2.56. The molecular formula is C11H15BrN2O. The molecule has 3 nitrogen and oxygen atoms in total. The van der Waals surface area contributed by atoms with Crippen LogP contribution in [0.3, 0.4) is 0 Å². The number of nitrogens with one attached hydrogen (secondary N) is 1. The van der Waals surface area contributed by atoms with Gasteiger partial charge in [0.25, 0.3) is 0 Å². The molecule has 0 bridgehead atoms. The summed E-state index contributed by atoms with van der Waals surface area (Å²) in [4.78, 5) is 4.28. The molecule has 1 aromatic rings. The van der Waals surface area contributed by atoms with Crippen LogP contribution in [0.15, 0.2) is 22.8 Å². The molecule has 0 unspecified atom stereocenters. The second-order valence-corrected chi connectivity index (χ2v) is 5.03. The Kier molecular flexibility index (Phi) is 3.38. The molecule has 1 aliphatic carbocycles. The SMILES string of the molecule is OCC1(NCc2ccc(Br)cn2)CCC1. The van der Waals surface area contributed by atoms with Crippen molar-refractivity contribution in [2.24, 2.45) is 0 Å². The van der Waals surface area contributed by atoms with E-state index in [-0.39, 0.29) is 12.1 Å². The third-order valence-corrected chi connectivity index (χ3v) is 3.52. The molecule has 0 atom stereocenters. The Hall–Kier alpha value is -0.450. The zero-order valence-corrected chi connectivity index (χ0v) is 10.1. The van der Waals surface area contributed by atoms with Crippen molar-refractivity contribution in [2.45, 2.75) is 31.3 Å². The highest BCUT2D eigenvalue weighted by atomic mass is 79.9. The molecule has 1 aromatic heterocycles. The monoisotopic (exact) mass is 270 g/mol. The highest BCUT2D eigenvalue weighted by Gasteiger charge is 2.35. The Morgan fingerprint density at radius 2 is 2.27 bits per heavy atom. The van der Waals surface area contributed by atoms with Gasteiger partial charge in [-0.2, -0.15) is 0 Å². The lowest BCUT2D eigenvalue weighted by molar-refractivity contribution is 0.0868. The van der Waals surface area contributed by atoms with Gasteiger partial charge in [0.1, 0.15) is 0 Å². The van der Waals surface area contributed by atoms with Gasteiger partial charge in [0.15, 0.2) is 0 Å². The average Bonchev–Trinajstić information content (AvgIpc) is 2.20. The Bertz CT molecular complexity index is 316. The normalized spacial score (nSPS) is 18.5. The summed E-state index contributed by atoms with van der Waals surface area (Å²) in [6.45, 7) is 0.956. The highest BCUT2D eigenvalue weighted by molar-refractivity contribution is 9.10. The van der Waals surface area contributed by atoms with Crippen LogP contribution in [0.4, 0.5) is 0 Å². The number of hydrogen-bond acceptors (Lipinski definition) is 3. The first-order valence-corrected chi connectivity index (χ1v) is 6.00. The molecule has 1 heterocycles. The van der Waals surface area contributed by atoms with E-state index in [0.717, 1.165) is 29.6 Å². The zero-order chi connectivity index (χ0) is 10.7. The van der Waals surface area contributed by atoms with Crippen molar-refractivity contribution in [3.63, 3.8) is 0 Å². The Balaban J connectivity index is 1.90. The summed E-state index contributed by atoms with van der Waals surface area (Å²) >= 11 is 3.35. The van der Waals surface area contributed by atoms with Crippen LogP contribution in [0.1, 0.15) is 25.0 Å². The molecule has 1 saturated carbocycles. The fourth-order valence-corrected chi connectivity index (χ4v) is 2.02. The van der Waals surface area contributed by atoms with Gasteiger partial charge in [-0.25, -0.2) is 0 Å².